The molecule has 23 heavy (non-hydrogen) atoms. The molecule has 3 aromatic rings. The molecular formula is C16H14ClFN4O. The zero-order valence-corrected chi connectivity index (χ0v) is 13.3. The van der Waals surface area contributed by atoms with Crippen molar-refractivity contribution in [2.45, 2.75) is 19.9 Å². The van der Waals surface area contributed by atoms with Crippen LogP contribution >= 0.6 is 11.6 Å². The van der Waals surface area contributed by atoms with Gasteiger partial charge in [0.2, 0.25) is 0 Å². The average molecular weight is 333 g/mol. The first kappa shape index (κ1) is 15.6. The van der Waals surface area contributed by atoms with Crippen LogP contribution in [0.1, 0.15) is 24.4 Å². The van der Waals surface area contributed by atoms with E-state index in [0.717, 1.165) is 6.20 Å². The van der Waals surface area contributed by atoms with Gasteiger partial charge in [-0.15, -0.1) is 0 Å². The van der Waals surface area contributed by atoms with Crippen LogP contribution in [0.5, 0.6) is 0 Å². The van der Waals surface area contributed by atoms with Crippen molar-refractivity contribution < 1.29 is 4.39 Å². The summed E-state index contributed by atoms with van der Waals surface area (Å²) in [4.78, 5) is 21.2. The molecule has 0 amide bonds. The topological polar surface area (TPSA) is 73.8 Å². The van der Waals surface area contributed by atoms with Gasteiger partial charge in [-0.05, 0) is 26.0 Å². The molecule has 0 aliphatic rings. The lowest BCUT2D eigenvalue weighted by atomic mass is 10.2. The van der Waals surface area contributed by atoms with Crippen molar-refractivity contribution in [3.05, 3.63) is 63.2 Å². The molecule has 1 unspecified atom stereocenters. The number of aromatic nitrogens is 3. The first-order valence-electron chi connectivity index (χ1n) is 6.99. The van der Waals surface area contributed by atoms with Crippen molar-refractivity contribution in [2.24, 2.45) is 5.73 Å². The van der Waals surface area contributed by atoms with E-state index >= 15 is 0 Å². The van der Waals surface area contributed by atoms with Crippen LogP contribution in [0.25, 0.3) is 16.6 Å². The van der Waals surface area contributed by atoms with Gasteiger partial charge in [0, 0.05) is 5.56 Å². The molecular weight excluding hydrogens is 319 g/mol. The van der Waals surface area contributed by atoms with E-state index in [1.54, 1.807) is 32.0 Å². The number of nitrogens with zero attached hydrogens (tertiary/aromatic N) is 3. The van der Waals surface area contributed by atoms with Gasteiger partial charge in [-0.2, -0.15) is 0 Å². The SMILES string of the molecule is Cc1c(F)cncc1-n1c(C(C)N)nc2cccc(Cl)c2c1=O. The van der Waals surface area contributed by atoms with Crippen molar-refractivity contribution >= 4 is 22.5 Å². The predicted molar refractivity (Wildman–Crippen MR) is 87.4 cm³/mol. The predicted octanol–water partition coefficient (Wildman–Crippen LogP) is 2.90. The van der Waals surface area contributed by atoms with Crippen molar-refractivity contribution in [3.8, 4) is 5.69 Å². The fourth-order valence-corrected chi connectivity index (χ4v) is 2.71. The number of hydrogen-bond acceptors (Lipinski definition) is 4. The molecule has 1 aromatic carbocycles. The molecule has 118 valence electrons. The minimum Gasteiger partial charge on any atom is -0.322 e. The van der Waals surface area contributed by atoms with Gasteiger partial charge >= 0.3 is 0 Å². The average Bonchev–Trinajstić information content (AvgIpc) is 2.50. The van der Waals surface area contributed by atoms with Crippen molar-refractivity contribution in [3.63, 3.8) is 0 Å². The van der Waals surface area contributed by atoms with E-state index < -0.39 is 17.4 Å². The Balaban J connectivity index is 2.51. The Kier molecular flexibility index (Phi) is 3.87. The maximum absolute atomic E-state index is 13.9. The Morgan fingerprint density at radius 1 is 1.35 bits per heavy atom. The van der Waals surface area contributed by atoms with E-state index in [9.17, 15) is 9.18 Å². The standard InChI is InChI=1S/C16H14ClFN4O/c1-8-11(18)6-20-7-13(8)22-15(9(2)19)21-12-5-3-4-10(17)14(12)16(22)23/h3-7,9H,19H2,1-2H3. The Morgan fingerprint density at radius 3 is 2.78 bits per heavy atom. The molecule has 3 rings (SSSR count). The molecule has 2 N–H and O–H groups in total. The summed E-state index contributed by atoms with van der Waals surface area (Å²) in [5.41, 5.74) is 6.61. The van der Waals surface area contributed by atoms with E-state index in [4.69, 9.17) is 17.3 Å². The van der Waals surface area contributed by atoms with Crippen LogP contribution in [0.2, 0.25) is 5.02 Å². The molecule has 0 fully saturated rings. The van der Waals surface area contributed by atoms with Crippen LogP contribution < -0.4 is 11.3 Å². The number of rotatable bonds is 2. The number of halogens is 2. The maximum atomic E-state index is 13.9. The van der Waals surface area contributed by atoms with Gasteiger partial charge < -0.3 is 5.73 Å². The normalized spacial score (nSPS) is 12.6. The van der Waals surface area contributed by atoms with Crippen LogP contribution in [0.4, 0.5) is 4.39 Å². The zero-order valence-electron chi connectivity index (χ0n) is 12.5. The van der Waals surface area contributed by atoms with Crippen LogP contribution in [-0.4, -0.2) is 14.5 Å². The van der Waals surface area contributed by atoms with Gasteiger partial charge in [0.1, 0.15) is 11.6 Å². The van der Waals surface area contributed by atoms with E-state index in [-0.39, 0.29) is 16.0 Å². The number of fused-ring (bicyclic) bond motifs is 1. The summed E-state index contributed by atoms with van der Waals surface area (Å²) in [5, 5.41) is 0.550. The van der Waals surface area contributed by atoms with E-state index in [2.05, 4.69) is 9.97 Å². The molecule has 0 bridgehead atoms. The van der Waals surface area contributed by atoms with Crippen molar-refractivity contribution in [2.75, 3.05) is 0 Å². The van der Waals surface area contributed by atoms with Gasteiger partial charge in [0.25, 0.3) is 5.56 Å². The van der Waals surface area contributed by atoms with Crippen molar-refractivity contribution in [1.82, 2.24) is 14.5 Å². The highest BCUT2D eigenvalue weighted by Gasteiger charge is 2.19. The number of pyridine rings is 1. The van der Waals surface area contributed by atoms with Crippen LogP contribution in [-0.2, 0) is 0 Å². The fourth-order valence-electron chi connectivity index (χ4n) is 2.46. The zero-order chi connectivity index (χ0) is 16.7. The summed E-state index contributed by atoms with van der Waals surface area (Å²) in [6.45, 7) is 3.28. The second-order valence-corrected chi connectivity index (χ2v) is 5.71. The highest BCUT2D eigenvalue weighted by atomic mass is 35.5. The summed E-state index contributed by atoms with van der Waals surface area (Å²) < 4.78 is 15.1. The lowest BCUT2D eigenvalue weighted by Crippen LogP contribution is -2.28. The lowest BCUT2D eigenvalue weighted by molar-refractivity contribution is 0.606. The van der Waals surface area contributed by atoms with Gasteiger partial charge in [0.05, 0.1) is 40.0 Å². The minimum absolute atomic E-state index is 0.266. The lowest BCUT2D eigenvalue weighted by Gasteiger charge is -2.17. The molecule has 2 aromatic heterocycles. The van der Waals surface area contributed by atoms with Gasteiger partial charge in [-0.1, -0.05) is 17.7 Å². The minimum atomic E-state index is -0.534. The first-order valence-corrected chi connectivity index (χ1v) is 7.37. The summed E-state index contributed by atoms with van der Waals surface area (Å²) >= 11 is 6.15. The molecule has 0 saturated heterocycles. The highest BCUT2D eigenvalue weighted by Crippen LogP contribution is 2.23. The van der Waals surface area contributed by atoms with E-state index in [1.165, 1.54) is 10.8 Å². The Hall–Kier alpha value is -2.31. The third-order valence-corrected chi connectivity index (χ3v) is 3.96. The third kappa shape index (κ3) is 2.50. The number of nitrogens with two attached hydrogens (primary N) is 1. The third-order valence-electron chi connectivity index (χ3n) is 3.65. The summed E-state index contributed by atoms with van der Waals surface area (Å²) in [6, 6.07) is 4.48. The highest BCUT2D eigenvalue weighted by molar-refractivity contribution is 6.35. The summed E-state index contributed by atoms with van der Waals surface area (Å²) in [5.74, 6) is -0.190. The molecule has 1 atom stereocenters. The van der Waals surface area contributed by atoms with Gasteiger partial charge in [0.15, 0.2) is 0 Å². The monoisotopic (exact) mass is 332 g/mol. The number of benzene rings is 1. The molecule has 2 heterocycles. The Labute approximate surface area is 136 Å². The van der Waals surface area contributed by atoms with E-state index in [0.29, 0.717) is 17.0 Å². The Morgan fingerprint density at radius 2 is 2.09 bits per heavy atom. The number of hydrogen-bond donors (Lipinski definition) is 1. The molecule has 0 aliphatic heterocycles. The van der Waals surface area contributed by atoms with Gasteiger partial charge in [-0.25, -0.2) is 9.37 Å². The van der Waals surface area contributed by atoms with E-state index in [1.807, 2.05) is 0 Å². The summed E-state index contributed by atoms with van der Waals surface area (Å²) in [7, 11) is 0. The molecule has 0 radical (unpaired) electrons. The molecule has 0 aliphatic carbocycles. The molecule has 7 heteroatoms. The van der Waals surface area contributed by atoms with Crippen LogP contribution in [0.3, 0.4) is 0 Å². The van der Waals surface area contributed by atoms with Crippen LogP contribution in [0.15, 0.2) is 35.4 Å². The summed E-state index contributed by atoms with van der Waals surface area (Å²) in [6.07, 6.45) is 2.51. The smallest absolute Gasteiger partial charge is 0.267 e. The molecule has 5 nitrogen and oxygen atoms in total. The molecule has 0 spiro atoms. The van der Waals surface area contributed by atoms with Gasteiger partial charge in [-0.3, -0.25) is 14.3 Å². The maximum Gasteiger partial charge on any atom is 0.267 e. The first-order chi connectivity index (χ1) is 10.9. The van der Waals surface area contributed by atoms with Crippen LogP contribution in [0, 0.1) is 12.7 Å². The second-order valence-electron chi connectivity index (χ2n) is 5.30. The quantitative estimate of drug-likeness (QED) is 0.783. The van der Waals surface area contributed by atoms with Crippen molar-refractivity contribution in [1.29, 1.82) is 0 Å². The molecule has 0 saturated carbocycles. The largest absolute Gasteiger partial charge is 0.322 e. The second kappa shape index (κ2) is 5.72. The Bertz CT molecular complexity index is 968. The fraction of sp³-hybridized carbons (Fsp3) is 0.188.